The van der Waals surface area contributed by atoms with Gasteiger partial charge in [0.05, 0.1) is 18.9 Å². The fraction of sp³-hybridized carbons (Fsp3) is 0.696. The molecule has 1 saturated heterocycles. The van der Waals surface area contributed by atoms with Gasteiger partial charge in [-0.3, -0.25) is 9.59 Å². The maximum atomic E-state index is 13.6. The van der Waals surface area contributed by atoms with Crippen LogP contribution < -0.4 is 4.90 Å². The molecule has 1 saturated carbocycles. The minimum absolute atomic E-state index is 0.123. The molecule has 0 radical (unpaired) electrons. The number of hydrogen-bond acceptors (Lipinski definition) is 5. The molecule has 0 unspecified atom stereocenters. The Balaban J connectivity index is 1.97. The lowest BCUT2D eigenvalue weighted by Gasteiger charge is -2.32. The molecule has 8 heteroatoms. The number of amides is 2. The highest BCUT2D eigenvalue weighted by Crippen LogP contribution is 2.40. The molecule has 2 aliphatic rings. The molecule has 2 amide bonds. The maximum absolute atomic E-state index is 13.6. The van der Waals surface area contributed by atoms with Crippen LogP contribution in [0.3, 0.4) is 0 Å². The predicted octanol–water partition coefficient (Wildman–Crippen LogP) is 3.91. The highest BCUT2D eigenvalue weighted by Gasteiger charge is 2.34. The van der Waals surface area contributed by atoms with Crippen molar-refractivity contribution in [2.24, 2.45) is 5.92 Å². The lowest BCUT2D eigenvalue weighted by molar-refractivity contribution is -0.135. The second-order valence-corrected chi connectivity index (χ2v) is 10.2. The Labute approximate surface area is 188 Å². The molecule has 1 aliphatic carbocycles. The number of anilines is 1. The third-order valence-corrected chi connectivity index (χ3v) is 8.10. The van der Waals surface area contributed by atoms with Crippen molar-refractivity contribution in [1.82, 2.24) is 4.90 Å². The van der Waals surface area contributed by atoms with E-state index >= 15 is 0 Å². The summed E-state index contributed by atoms with van der Waals surface area (Å²) in [4.78, 5) is 42.9. The van der Waals surface area contributed by atoms with Gasteiger partial charge in [0.15, 0.2) is 0 Å². The van der Waals surface area contributed by atoms with Gasteiger partial charge in [-0.1, -0.05) is 40.0 Å². The summed E-state index contributed by atoms with van der Waals surface area (Å²) in [5.41, 5.74) is 0.159. The molecule has 31 heavy (non-hydrogen) atoms. The monoisotopic (exact) mass is 450 g/mol. The predicted molar refractivity (Wildman–Crippen MR) is 121 cm³/mol. The van der Waals surface area contributed by atoms with Crippen LogP contribution in [-0.2, 0) is 19.7 Å². The smallest absolute Gasteiger partial charge is 0.348 e. The second kappa shape index (κ2) is 10.1. The van der Waals surface area contributed by atoms with Crippen molar-refractivity contribution < 1.29 is 24.2 Å². The van der Waals surface area contributed by atoms with E-state index in [-0.39, 0.29) is 34.6 Å². The molecular formula is C23H34N2O5S. The van der Waals surface area contributed by atoms with Crippen molar-refractivity contribution in [3.05, 3.63) is 15.8 Å². The van der Waals surface area contributed by atoms with Gasteiger partial charge in [0.2, 0.25) is 11.8 Å². The maximum Gasteiger partial charge on any atom is 0.348 e. The summed E-state index contributed by atoms with van der Waals surface area (Å²) in [5.74, 6) is -1.50. The number of aromatic carboxylic acids is 1. The van der Waals surface area contributed by atoms with Crippen LogP contribution in [0.4, 0.5) is 5.69 Å². The number of morpholine rings is 1. The fourth-order valence-electron chi connectivity index (χ4n) is 4.14. The number of hydrogen-bond donors (Lipinski definition) is 1. The zero-order valence-corrected chi connectivity index (χ0v) is 19.6. The van der Waals surface area contributed by atoms with Gasteiger partial charge in [-0.25, -0.2) is 4.79 Å². The van der Waals surface area contributed by atoms with Crippen molar-refractivity contribution in [2.75, 3.05) is 37.7 Å². The van der Waals surface area contributed by atoms with Crippen molar-refractivity contribution in [2.45, 2.75) is 64.7 Å². The van der Waals surface area contributed by atoms with Crippen LogP contribution in [0.2, 0.25) is 0 Å². The van der Waals surface area contributed by atoms with Gasteiger partial charge < -0.3 is 19.6 Å². The zero-order chi connectivity index (χ0) is 22.6. The van der Waals surface area contributed by atoms with Crippen molar-refractivity contribution >= 4 is 34.8 Å². The fourth-order valence-corrected chi connectivity index (χ4v) is 5.31. The van der Waals surface area contributed by atoms with Crippen molar-refractivity contribution in [1.29, 1.82) is 0 Å². The summed E-state index contributed by atoms with van der Waals surface area (Å²) in [6, 6.07) is 1.82. The van der Waals surface area contributed by atoms with Crippen LogP contribution in [0.15, 0.2) is 6.07 Å². The number of nitrogens with zero attached hydrogens (tertiary/aromatic N) is 2. The topological polar surface area (TPSA) is 87.2 Å². The van der Waals surface area contributed by atoms with E-state index in [0.717, 1.165) is 43.4 Å². The normalized spacial score (nSPS) is 18.1. The van der Waals surface area contributed by atoms with Crippen LogP contribution in [0.25, 0.3) is 0 Å². The molecule has 1 aromatic heterocycles. The molecule has 0 spiro atoms. The first-order chi connectivity index (χ1) is 14.7. The molecule has 1 aliphatic heterocycles. The van der Waals surface area contributed by atoms with Gasteiger partial charge in [0.25, 0.3) is 0 Å². The van der Waals surface area contributed by atoms with Gasteiger partial charge in [0, 0.05) is 23.9 Å². The Morgan fingerprint density at radius 2 is 1.84 bits per heavy atom. The van der Waals surface area contributed by atoms with Gasteiger partial charge in [-0.05, 0) is 30.7 Å². The molecule has 172 valence electrons. The number of carbonyl (C=O) groups excluding carboxylic acids is 2. The third-order valence-electron chi connectivity index (χ3n) is 6.63. The Morgan fingerprint density at radius 3 is 2.42 bits per heavy atom. The molecule has 0 aromatic carbocycles. The van der Waals surface area contributed by atoms with E-state index in [9.17, 15) is 19.5 Å². The average molecular weight is 451 g/mol. The van der Waals surface area contributed by atoms with Crippen LogP contribution in [0.1, 0.15) is 73.8 Å². The number of carboxylic acid groups (broad SMARTS) is 1. The summed E-state index contributed by atoms with van der Waals surface area (Å²) in [6.45, 7) is 8.03. The standard InChI is InChI=1S/C23H34N2O5S/c1-4-23(2,3)18-14-17(20(31-18)22(28)29)25(21(27)16-8-6-5-7-9-16)15-19(26)24-10-12-30-13-11-24/h14,16H,4-13,15H2,1-3H3,(H,28,29). The molecule has 2 heterocycles. The first-order valence-electron chi connectivity index (χ1n) is 11.3. The molecule has 0 bridgehead atoms. The first-order valence-corrected chi connectivity index (χ1v) is 12.1. The summed E-state index contributed by atoms with van der Waals surface area (Å²) < 4.78 is 5.34. The second-order valence-electron chi connectivity index (χ2n) is 9.12. The molecule has 1 aromatic rings. The minimum atomic E-state index is -1.06. The Hall–Kier alpha value is -1.93. The van der Waals surface area contributed by atoms with E-state index in [1.807, 2.05) is 6.07 Å². The summed E-state index contributed by atoms with van der Waals surface area (Å²) in [6.07, 6.45) is 5.53. The highest BCUT2D eigenvalue weighted by molar-refractivity contribution is 7.14. The van der Waals surface area contributed by atoms with Gasteiger partial charge in [-0.2, -0.15) is 0 Å². The summed E-state index contributed by atoms with van der Waals surface area (Å²) in [5, 5.41) is 9.90. The van der Waals surface area contributed by atoms with Gasteiger partial charge in [0.1, 0.15) is 11.4 Å². The molecule has 1 N–H and O–H groups in total. The van der Waals surface area contributed by atoms with Crippen LogP contribution >= 0.6 is 11.3 Å². The van der Waals surface area contributed by atoms with Crippen molar-refractivity contribution in [3.63, 3.8) is 0 Å². The van der Waals surface area contributed by atoms with Crippen LogP contribution in [-0.4, -0.2) is 60.6 Å². The highest BCUT2D eigenvalue weighted by atomic mass is 32.1. The molecule has 2 fully saturated rings. The van der Waals surface area contributed by atoms with Gasteiger partial charge >= 0.3 is 5.97 Å². The Morgan fingerprint density at radius 1 is 1.19 bits per heavy atom. The Bertz CT molecular complexity index is 807. The van der Waals surface area contributed by atoms with Gasteiger partial charge in [-0.15, -0.1) is 11.3 Å². The number of carboxylic acids is 1. The van der Waals surface area contributed by atoms with Crippen molar-refractivity contribution in [3.8, 4) is 0 Å². The summed E-state index contributed by atoms with van der Waals surface area (Å²) in [7, 11) is 0. The first kappa shape index (κ1) is 23.7. The minimum Gasteiger partial charge on any atom is -0.477 e. The zero-order valence-electron chi connectivity index (χ0n) is 18.8. The van der Waals surface area contributed by atoms with E-state index in [0.29, 0.717) is 32.0 Å². The third kappa shape index (κ3) is 5.47. The Kier molecular flexibility index (Phi) is 7.75. The molecule has 7 nitrogen and oxygen atoms in total. The van der Waals surface area contributed by atoms with E-state index in [1.54, 1.807) is 4.90 Å². The van der Waals surface area contributed by atoms with Crippen LogP contribution in [0.5, 0.6) is 0 Å². The molecule has 0 atom stereocenters. The summed E-state index contributed by atoms with van der Waals surface area (Å²) >= 11 is 1.22. The lowest BCUT2D eigenvalue weighted by atomic mass is 9.87. The molecule has 3 rings (SSSR count). The number of thiophene rings is 1. The average Bonchev–Trinajstić information content (AvgIpc) is 3.24. The quantitative estimate of drug-likeness (QED) is 0.681. The lowest BCUT2D eigenvalue weighted by Crippen LogP contribution is -2.48. The van der Waals surface area contributed by atoms with E-state index in [4.69, 9.17) is 4.74 Å². The van der Waals surface area contributed by atoms with E-state index in [1.165, 1.54) is 16.2 Å². The van der Waals surface area contributed by atoms with E-state index in [2.05, 4.69) is 20.8 Å². The van der Waals surface area contributed by atoms with E-state index < -0.39 is 5.97 Å². The largest absolute Gasteiger partial charge is 0.477 e. The number of ether oxygens (including phenoxy) is 1. The van der Waals surface area contributed by atoms with Crippen LogP contribution in [0, 0.1) is 5.92 Å². The number of carbonyl (C=O) groups is 3. The molecular weight excluding hydrogens is 416 g/mol. The SMILES string of the molecule is CCC(C)(C)c1cc(N(CC(=O)N2CCOCC2)C(=O)C2CCCCC2)c(C(=O)O)s1. The number of rotatable bonds is 7.